The Balaban J connectivity index is 0.000000470. The fourth-order valence-corrected chi connectivity index (χ4v) is 4.67. The van der Waals surface area contributed by atoms with Gasteiger partial charge in [-0.2, -0.15) is 0 Å². The van der Waals surface area contributed by atoms with Crippen LogP contribution < -0.4 is 10.2 Å². The zero-order chi connectivity index (χ0) is 28.6. The van der Waals surface area contributed by atoms with E-state index >= 15 is 0 Å². The maximum absolute atomic E-state index is 13.1. The van der Waals surface area contributed by atoms with Crippen LogP contribution in [-0.2, 0) is 16.1 Å². The van der Waals surface area contributed by atoms with Crippen LogP contribution in [0.5, 0.6) is 0 Å². The Labute approximate surface area is 236 Å². The van der Waals surface area contributed by atoms with E-state index in [1.165, 1.54) is 24.5 Å². The minimum absolute atomic E-state index is 0.146. The summed E-state index contributed by atoms with van der Waals surface area (Å²) in [7, 11) is 0. The Morgan fingerprint density at radius 2 is 1.88 bits per heavy atom. The summed E-state index contributed by atoms with van der Waals surface area (Å²) >= 11 is 4.95. The summed E-state index contributed by atoms with van der Waals surface area (Å²) in [5.74, 6) is -0.327. The monoisotopic (exact) mass is 558 g/mol. The van der Waals surface area contributed by atoms with Gasteiger partial charge in [0.2, 0.25) is 11.8 Å². The van der Waals surface area contributed by atoms with Gasteiger partial charge in [-0.1, -0.05) is 67.4 Å². The lowest BCUT2D eigenvalue weighted by Gasteiger charge is -2.23. The number of nitrogens with zero attached hydrogens (tertiary/aromatic N) is 6. The van der Waals surface area contributed by atoms with Gasteiger partial charge in [-0.25, -0.2) is 0 Å². The number of aromatic nitrogens is 2. The van der Waals surface area contributed by atoms with E-state index in [1.54, 1.807) is 24.3 Å². The Bertz CT molecular complexity index is 1630. The van der Waals surface area contributed by atoms with E-state index in [2.05, 4.69) is 51.2 Å². The molecule has 0 spiro atoms. The van der Waals surface area contributed by atoms with Gasteiger partial charge in [0.15, 0.2) is 5.82 Å². The number of nitrogens with one attached hydrogen (secondary N) is 2. The largest absolute Gasteiger partial charge is 0.324 e. The summed E-state index contributed by atoms with van der Waals surface area (Å²) in [4.78, 5) is 35.3. The first-order valence-electron chi connectivity index (χ1n) is 13.0. The van der Waals surface area contributed by atoms with Crippen molar-refractivity contribution in [2.45, 2.75) is 33.7 Å². The molecule has 40 heavy (non-hydrogen) atoms. The number of anilines is 3. The third kappa shape index (κ3) is 6.37. The number of carbonyl (C=O) groups is 2. The van der Waals surface area contributed by atoms with Crippen LogP contribution in [0.4, 0.5) is 17.1 Å². The van der Waals surface area contributed by atoms with Crippen molar-refractivity contribution in [2.24, 2.45) is 5.11 Å². The van der Waals surface area contributed by atoms with Gasteiger partial charge >= 0.3 is 0 Å². The zero-order valence-electron chi connectivity index (χ0n) is 22.5. The molecule has 0 saturated heterocycles. The molecule has 0 fully saturated rings. The number of carbonyl (C=O) groups excluding carboxylic acids is 2. The summed E-state index contributed by atoms with van der Waals surface area (Å²) in [5.41, 5.74) is 11.7. The van der Waals surface area contributed by atoms with Crippen molar-refractivity contribution in [3.05, 3.63) is 75.4 Å². The molecule has 2 heterocycles. The number of H-pyrrole nitrogens is 1. The minimum Gasteiger partial charge on any atom is -0.324 e. The van der Waals surface area contributed by atoms with Crippen LogP contribution in [0, 0.1) is 4.84 Å². The predicted molar refractivity (Wildman–Crippen MR) is 158 cm³/mol. The number of amides is 2. The topological polar surface area (TPSA) is 143 Å². The van der Waals surface area contributed by atoms with Crippen LogP contribution in [0.15, 0.2) is 64.2 Å². The number of azide groups is 1. The Morgan fingerprint density at radius 1 is 1.10 bits per heavy atom. The maximum atomic E-state index is 13.1. The van der Waals surface area contributed by atoms with Crippen LogP contribution in [0.3, 0.4) is 0 Å². The van der Waals surface area contributed by atoms with Crippen molar-refractivity contribution in [3.8, 4) is 11.4 Å². The predicted octanol–water partition coefficient (Wildman–Crippen LogP) is 6.72. The van der Waals surface area contributed by atoms with Crippen LogP contribution >= 0.6 is 12.2 Å². The van der Waals surface area contributed by atoms with Crippen molar-refractivity contribution in [1.29, 1.82) is 0 Å². The molecule has 206 valence electrons. The van der Waals surface area contributed by atoms with Gasteiger partial charge in [0.1, 0.15) is 6.42 Å². The quantitative estimate of drug-likeness (QED) is 0.0847. The second kappa shape index (κ2) is 13.0. The van der Waals surface area contributed by atoms with Crippen molar-refractivity contribution < 1.29 is 14.1 Å². The van der Waals surface area contributed by atoms with Gasteiger partial charge in [0, 0.05) is 21.5 Å². The van der Waals surface area contributed by atoms with Gasteiger partial charge in [-0.3, -0.25) is 19.5 Å². The molecule has 12 heteroatoms. The van der Waals surface area contributed by atoms with E-state index in [-0.39, 0.29) is 23.7 Å². The van der Waals surface area contributed by atoms with Crippen molar-refractivity contribution >= 4 is 51.9 Å². The third-order valence-electron chi connectivity index (χ3n) is 6.60. The number of hydrogen-bond donors (Lipinski definition) is 2. The summed E-state index contributed by atoms with van der Waals surface area (Å²) in [6, 6.07) is 16.4. The van der Waals surface area contributed by atoms with E-state index < -0.39 is 5.91 Å². The van der Waals surface area contributed by atoms with Crippen molar-refractivity contribution in [3.63, 3.8) is 0 Å². The van der Waals surface area contributed by atoms with Crippen LogP contribution in [0.1, 0.15) is 32.8 Å². The Kier molecular flexibility index (Phi) is 9.28. The second-order valence-corrected chi connectivity index (χ2v) is 9.34. The zero-order valence-corrected chi connectivity index (χ0v) is 23.4. The molecule has 2 amide bonds. The van der Waals surface area contributed by atoms with E-state index in [1.807, 2.05) is 30.3 Å². The highest BCUT2D eigenvalue weighted by atomic mass is 32.1. The minimum atomic E-state index is -0.397. The molecule has 0 saturated carbocycles. The van der Waals surface area contributed by atoms with Gasteiger partial charge < -0.3 is 14.7 Å². The summed E-state index contributed by atoms with van der Waals surface area (Å²) in [5, 5.41) is 12.0. The lowest BCUT2D eigenvalue weighted by Crippen LogP contribution is -2.26. The Morgan fingerprint density at radius 3 is 2.52 bits per heavy atom. The molecule has 5 rings (SSSR count). The highest BCUT2D eigenvalue weighted by molar-refractivity contribution is 7.71. The first-order valence-corrected chi connectivity index (χ1v) is 13.4. The first kappa shape index (κ1) is 28.5. The summed E-state index contributed by atoms with van der Waals surface area (Å²) in [6.45, 7) is 10.3. The normalized spacial score (nSPS) is 12.8. The van der Waals surface area contributed by atoms with E-state index in [0.717, 1.165) is 16.3 Å². The molecule has 2 N–H and O–H groups in total. The number of hydrogen-bond acceptors (Lipinski definition) is 7. The average Bonchev–Trinajstić information content (AvgIpc) is 3.35. The average molecular weight is 559 g/mol. The van der Waals surface area contributed by atoms with Crippen LogP contribution in [-0.4, -0.2) is 46.5 Å². The number of fused-ring (bicyclic) bond motifs is 3. The van der Waals surface area contributed by atoms with Gasteiger partial charge in [-0.15, -0.1) is 0 Å². The molecule has 0 bridgehead atoms. The third-order valence-corrected chi connectivity index (χ3v) is 6.78. The molecule has 0 atom stereocenters. The van der Waals surface area contributed by atoms with Crippen molar-refractivity contribution in [1.82, 2.24) is 15.0 Å². The molecule has 0 unspecified atom stereocenters. The first-order chi connectivity index (χ1) is 19.4. The van der Waals surface area contributed by atoms with Crippen molar-refractivity contribution in [2.75, 3.05) is 29.9 Å². The molecule has 1 aliphatic heterocycles. The molecule has 0 aliphatic carbocycles. The second-order valence-electron chi connectivity index (χ2n) is 8.97. The van der Waals surface area contributed by atoms with Crippen LogP contribution in [0.25, 0.3) is 32.6 Å². The van der Waals surface area contributed by atoms with E-state index in [9.17, 15) is 9.59 Å². The standard InChI is InChI=1S/C22H15N7O3S.C6H15N/c23-28-24-11-12-4-6-16-13(8-12)5-7-17-20(16)25-18(30)10-19(31)29(17)15-3-1-2-14(9-15)21-26-22(33)32-27-21;1-4-7(5-2)6-3/h1-9H,10-11H2,(H,25,30)(H,26,27,33);4-6H2,1-3H3. The number of rotatable bonds is 7. The number of aromatic amines is 1. The van der Waals surface area contributed by atoms with Gasteiger partial charge in [0.25, 0.3) is 4.84 Å². The molecule has 1 aliphatic rings. The molecule has 1 aromatic heterocycles. The van der Waals surface area contributed by atoms with E-state index in [4.69, 9.17) is 22.3 Å². The molecular weight excluding hydrogens is 528 g/mol. The highest BCUT2D eigenvalue weighted by Crippen LogP contribution is 2.40. The fourth-order valence-electron chi connectivity index (χ4n) is 4.53. The highest BCUT2D eigenvalue weighted by Gasteiger charge is 2.29. The summed E-state index contributed by atoms with van der Waals surface area (Å²) < 4.78 is 4.95. The van der Waals surface area contributed by atoms with Crippen LogP contribution in [0.2, 0.25) is 0 Å². The molecule has 0 radical (unpaired) electrons. The fraction of sp³-hybridized carbons (Fsp3) is 0.286. The Hall–Kier alpha value is -4.51. The molecular formula is C28H30N8O3S. The van der Waals surface area contributed by atoms with Gasteiger partial charge in [-0.05, 0) is 66.5 Å². The lowest BCUT2D eigenvalue weighted by atomic mass is 10.0. The SMILES string of the molecule is CCN(CC)CC.[N-]=[N+]=NCc1ccc2c3c(ccc2c1)N(c1cccc(-c2noc(=S)[nH]2)c1)C(=O)CC(=O)N3. The molecule has 3 aromatic carbocycles. The molecule has 4 aromatic rings. The van der Waals surface area contributed by atoms with Gasteiger partial charge in [0.05, 0.1) is 17.9 Å². The smallest absolute Gasteiger partial charge is 0.295 e. The maximum Gasteiger partial charge on any atom is 0.295 e. The van der Waals surface area contributed by atoms with E-state index in [0.29, 0.717) is 28.5 Å². The number of benzene rings is 3. The lowest BCUT2D eigenvalue weighted by molar-refractivity contribution is -0.124. The molecule has 11 nitrogen and oxygen atoms in total. The summed E-state index contributed by atoms with van der Waals surface area (Å²) in [6.07, 6.45) is -0.304.